The van der Waals surface area contributed by atoms with Crippen molar-refractivity contribution in [1.82, 2.24) is 19.4 Å². The summed E-state index contributed by atoms with van der Waals surface area (Å²) in [6, 6.07) is 8.08. The van der Waals surface area contributed by atoms with Gasteiger partial charge in [0, 0.05) is 25.2 Å². The summed E-state index contributed by atoms with van der Waals surface area (Å²) < 4.78 is 9.77. The lowest BCUT2D eigenvalue weighted by Crippen LogP contribution is -2.50. The summed E-state index contributed by atoms with van der Waals surface area (Å²) in [4.78, 5) is 5.71. The Bertz CT molecular complexity index is 755. The molecule has 1 unspecified atom stereocenters. The van der Waals surface area contributed by atoms with Crippen molar-refractivity contribution >= 4 is 11.5 Å². The number of aromatic nitrogens is 2. The normalized spacial score (nSPS) is 18.1. The molecule has 3 rings (SSSR count). The number of nitrogens with two attached hydrogens (primary N) is 1. The summed E-state index contributed by atoms with van der Waals surface area (Å²) in [5.74, 6) is 0.783. The van der Waals surface area contributed by atoms with Crippen LogP contribution < -0.4 is 10.5 Å². The van der Waals surface area contributed by atoms with Crippen LogP contribution in [0.15, 0.2) is 24.3 Å². The van der Waals surface area contributed by atoms with Crippen LogP contribution in [0.1, 0.15) is 35.9 Å². The van der Waals surface area contributed by atoms with Gasteiger partial charge in [0.15, 0.2) is 0 Å². The van der Waals surface area contributed by atoms with Gasteiger partial charge in [0.1, 0.15) is 18.5 Å². The molecule has 0 bridgehead atoms. The molecule has 0 saturated carbocycles. The zero-order valence-electron chi connectivity index (χ0n) is 17.7. The summed E-state index contributed by atoms with van der Waals surface area (Å²) >= 11 is 1.46. The summed E-state index contributed by atoms with van der Waals surface area (Å²) in [6.45, 7) is 8.57. The molecule has 3 N–H and O–H groups in total. The first-order chi connectivity index (χ1) is 13.8. The first kappa shape index (κ1) is 22.1. The van der Waals surface area contributed by atoms with Crippen molar-refractivity contribution in [3.63, 3.8) is 0 Å². The van der Waals surface area contributed by atoms with Crippen molar-refractivity contribution in [3.8, 4) is 5.75 Å². The van der Waals surface area contributed by atoms with E-state index in [4.69, 9.17) is 10.5 Å². The molecule has 0 spiro atoms. The fourth-order valence-electron chi connectivity index (χ4n) is 3.49. The quantitative estimate of drug-likeness (QED) is 0.643. The van der Waals surface area contributed by atoms with Crippen molar-refractivity contribution in [2.24, 2.45) is 5.73 Å². The maximum absolute atomic E-state index is 10.3. The summed E-state index contributed by atoms with van der Waals surface area (Å²) in [7, 11) is 2.09. The van der Waals surface area contributed by atoms with Crippen molar-refractivity contribution < 1.29 is 9.84 Å². The first-order valence-corrected chi connectivity index (χ1v) is 11.0. The molecule has 1 atom stereocenters. The minimum atomic E-state index is -0.501. The number of rotatable bonds is 9. The number of aryl methyl sites for hydroxylation is 1. The number of nitrogens with zero attached hydrogens (tertiary/aromatic N) is 4. The second-order valence-electron chi connectivity index (χ2n) is 8.52. The fraction of sp³-hybridized carbons (Fsp3) is 0.619. The highest BCUT2D eigenvalue weighted by atomic mass is 32.1. The van der Waals surface area contributed by atoms with Crippen molar-refractivity contribution in [3.05, 3.63) is 40.4 Å². The number of aliphatic hydroxyl groups excluding tert-OH is 1. The molecule has 2 heterocycles. The molecule has 1 saturated heterocycles. The van der Waals surface area contributed by atoms with E-state index in [0.717, 1.165) is 50.5 Å². The minimum absolute atomic E-state index is 0.0653. The largest absolute Gasteiger partial charge is 0.491 e. The third-order valence-corrected chi connectivity index (χ3v) is 6.25. The van der Waals surface area contributed by atoms with E-state index in [9.17, 15) is 5.11 Å². The molecule has 1 aromatic carbocycles. The molecule has 1 aliphatic heterocycles. The van der Waals surface area contributed by atoms with Crippen LogP contribution in [0.4, 0.5) is 0 Å². The van der Waals surface area contributed by atoms with Crippen molar-refractivity contribution in [2.75, 3.05) is 33.3 Å². The number of likely N-dealkylation sites (tertiary alicyclic amines) is 1. The monoisotopic (exact) mass is 419 g/mol. The Kier molecular flexibility index (Phi) is 7.59. The van der Waals surface area contributed by atoms with E-state index >= 15 is 0 Å². The van der Waals surface area contributed by atoms with E-state index in [1.165, 1.54) is 22.0 Å². The second kappa shape index (κ2) is 9.95. The predicted octanol–water partition coefficient (Wildman–Crippen LogP) is 2.03. The molecule has 8 heteroatoms. The Hall–Kier alpha value is -1.58. The van der Waals surface area contributed by atoms with Gasteiger partial charge in [-0.3, -0.25) is 4.90 Å². The predicted molar refractivity (Wildman–Crippen MR) is 116 cm³/mol. The van der Waals surface area contributed by atoms with Gasteiger partial charge in [0.05, 0.1) is 10.6 Å². The first-order valence-electron chi connectivity index (χ1n) is 10.2. The lowest BCUT2D eigenvalue weighted by molar-refractivity contribution is 0.0531. The van der Waals surface area contributed by atoms with Crippen LogP contribution in [-0.2, 0) is 13.1 Å². The Morgan fingerprint density at radius 3 is 2.59 bits per heavy atom. The van der Waals surface area contributed by atoms with Crippen LogP contribution >= 0.6 is 11.5 Å². The third-order valence-electron chi connectivity index (χ3n) is 5.44. The molecule has 2 aromatic rings. The van der Waals surface area contributed by atoms with Gasteiger partial charge in [-0.2, -0.15) is 0 Å². The number of aliphatic hydroxyl groups is 1. The van der Waals surface area contributed by atoms with Crippen molar-refractivity contribution in [2.45, 2.75) is 51.4 Å². The van der Waals surface area contributed by atoms with Gasteiger partial charge in [-0.25, -0.2) is 0 Å². The van der Waals surface area contributed by atoms with Crippen LogP contribution in [0.2, 0.25) is 0 Å². The Morgan fingerprint density at radius 2 is 1.97 bits per heavy atom. The van der Waals surface area contributed by atoms with Crippen LogP contribution in [0.3, 0.4) is 0 Å². The zero-order chi connectivity index (χ0) is 20.9. The van der Waals surface area contributed by atoms with E-state index in [0.29, 0.717) is 13.2 Å². The Morgan fingerprint density at radius 1 is 1.28 bits per heavy atom. The van der Waals surface area contributed by atoms with Crippen molar-refractivity contribution in [1.29, 1.82) is 0 Å². The number of ether oxygens (including phenoxy) is 1. The van der Waals surface area contributed by atoms with Crippen LogP contribution in [0, 0.1) is 6.92 Å². The summed E-state index contributed by atoms with van der Waals surface area (Å²) in [5.41, 5.74) is 8.32. The van der Waals surface area contributed by atoms with Crippen LogP contribution in [0.25, 0.3) is 0 Å². The lowest BCUT2D eigenvalue weighted by atomic mass is 9.91. The number of piperidine rings is 1. The average Bonchev–Trinajstić information content (AvgIpc) is 3.07. The highest BCUT2D eigenvalue weighted by molar-refractivity contribution is 7.05. The maximum Gasteiger partial charge on any atom is 0.119 e. The number of hydrogen-bond acceptors (Lipinski definition) is 8. The number of benzene rings is 1. The van der Waals surface area contributed by atoms with Gasteiger partial charge in [0.25, 0.3) is 0 Å². The summed E-state index contributed by atoms with van der Waals surface area (Å²) in [6.07, 6.45) is 1.43. The van der Waals surface area contributed by atoms with Crippen LogP contribution in [-0.4, -0.2) is 69.4 Å². The molecule has 1 fully saturated rings. The van der Waals surface area contributed by atoms with Gasteiger partial charge in [0.2, 0.25) is 0 Å². The standard InChI is InChI=1S/C21H33N5O2S/c1-16-20(29-24-23-16)14-25(3)12-17-4-6-19(7-5-17)28-15-18(27)13-26-10-8-21(2,22)9-11-26/h4-7,18,27H,8-15,22H2,1-3H3. The minimum Gasteiger partial charge on any atom is -0.491 e. The molecule has 0 amide bonds. The highest BCUT2D eigenvalue weighted by Crippen LogP contribution is 2.19. The number of hydrogen-bond donors (Lipinski definition) is 2. The molecule has 160 valence electrons. The fourth-order valence-corrected chi connectivity index (χ4v) is 4.20. The molecule has 1 aliphatic rings. The van der Waals surface area contributed by atoms with Gasteiger partial charge in [-0.15, -0.1) is 5.10 Å². The van der Waals surface area contributed by atoms with E-state index in [1.54, 1.807) is 0 Å². The van der Waals surface area contributed by atoms with Gasteiger partial charge in [-0.1, -0.05) is 16.6 Å². The smallest absolute Gasteiger partial charge is 0.119 e. The van der Waals surface area contributed by atoms with Gasteiger partial charge >= 0.3 is 0 Å². The zero-order valence-corrected chi connectivity index (χ0v) is 18.5. The Labute approximate surface area is 177 Å². The van der Waals surface area contributed by atoms with E-state index in [2.05, 4.69) is 45.5 Å². The molecular weight excluding hydrogens is 386 g/mol. The highest BCUT2D eigenvalue weighted by Gasteiger charge is 2.26. The molecule has 0 radical (unpaired) electrons. The molecule has 7 nitrogen and oxygen atoms in total. The topological polar surface area (TPSA) is 87.7 Å². The molecule has 29 heavy (non-hydrogen) atoms. The van der Waals surface area contributed by atoms with E-state index < -0.39 is 6.10 Å². The number of β-amino-alcohol motifs (C(OH)–C–C–N with tert-alkyl or cyclic N) is 1. The molecule has 1 aromatic heterocycles. The lowest BCUT2D eigenvalue weighted by Gasteiger charge is -2.37. The van der Waals surface area contributed by atoms with E-state index in [1.807, 2.05) is 19.1 Å². The second-order valence-corrected chi connectivity index (χ2v) is 9.36. The average molecular weight is 420 g/mol. The Balaban J connectivity index is 1.39. The third kappa shape index (κ3) is 7.01. The summed E-state index contributed by atoms with van der Waals surface area (Å²) in [5, 5.41) is 14.4. The van der Waals surface area contributed by atoms with Crippen LogP contribution in [0.5, 0.6) is 5.75 Å². The van der Waals surface area contributed by atoms with Gasteiger partial charge < -0.3 is 20.5 Å². The van der Waals surface area contributed by atoms with E-state index in [-0.39, 0.29) is 5.54 Å². The SMILES string of the molecule is Cc1nnsc1CN(C)Cc1ccc(OCC(O)CN2CCC(C)(N)CC2)cc1. The maximum atomic E-state index is 10.3. The molecular formula is C21H33N5O2S. The molecule has 0 aliphatic carbocycles. The van der Waals surface area contributed by atoms with Gasteiger partial charge in [-0.05, 0) is 76.1 Å².